The Balaban J connectivity index is 1.21. The number of nitrogens with zero attached hydrogens (tertiary/aromatic N) is 7. The van der Waals surface area contributed by atoms with Crippen LogP contribution in [0.25, 0.3) is 22.3 Å². The standard InChI is InChI=1S/C20H23FN10O9P2S3/c21-8-12-6(38-18(8)30-4-26-9-14(22)24-3-25-15(9)30)1-36-41(34,43)40-13-11(32)7(2-37-42(35,44)39-12)45-19(13)31-5-27-10-16(31)28-20(23)29-17(10)33/h3-8,11-13,18-19,32H,1-2H2,(H,34,43)(H,35,44)(H2,22,24,25)(H3,23,28,29,33)/t6-,7-,8+,11-,12-,13-,18-,19-,41-,42+/m1/s1. The molecule has 7 rings (SSSR count). The van der Waals surface area contributed by atoms with E-state index in [0.29, 0.717) is 0 Å². The average molecular weight is 725 g/mol. The maximum absolute atomic E-state index is 16.0. The van der Waals surface area contributed by atoms with Gasteiger partial charge in [0.2, 0.25) is 5.95 Å². The van der Waals surface area contributed by atoms with Gasteiger partial charge in [-0.15, -0.1) is 11.8 Å². The van der Waals surface area contributed by atoms with Gasteiger partial charge in [0, 0.05) is 0 Å². The van der Waals surface area contributed by atoms with Crippen LogP contribution in [0.5, 0.6) is 0 Å². The molecule has 0 spiro atoms. The molecule has 0 unspecified atom stereocenters. The third kappa shape index (κ3) is 5.67. The lowest BCUT2D eigenvalue weighted by Gasteiger charge is -2.26. The molecule has 4 aromatic heterocycles. The third-order valence-corrected chi connectivity index (χ3v) is 12.0. The molecule has 242 valence electrons. The second-order valence-electron chi connectivity index (χ2n) is 10.1. The quantitative estimate of drug-likeness (QED) is 0.125. The van der Waals surface area contributed by atoms with Gasteiger partial charge in [-0.2, -0.15) is 4.98 Å². The van der Waals surface area contributed by atoms with Gasteiger partial charge in [-0.1, -0.05) is 24.5 Å². The summed E-state index contributed by atoms with van der Waals surface area (Å²) in [7, 11) is 0. The van der Waals surface area contributed by atoms with E-state index in [-0.39, 0.29) is 34.1 Å². The summed E-state index contributed by atoms with van der Waals surface area (Å²) >= 11 is 9.16. The Morgan fingerprint density at radius 1 is 1.00 bits per heavy atom. The van der Waals surface area contributed by atoms with E-state index >= 15 is 4.39 Å². The Morgan fingerprint density at radius 2 is 1.69 bits per heavy atom. The molecule has 25 heteroatoms. The van der Waals surface area contributed by atoms with E-state index < -0.39 is 79.8 Å². The van der Waals surface area contributed by atoms with Crippen LogP contribution >= 0.6 is 49.9 Å². The molecule has 0 radical (unpaired) electrons. The van der Waals surface area contributed by atoms with Crippen molar-refractivity contribution < 1.29 is 41.5 Å². The second kappa shape index (κ2) is 11.4. The maximum atomic E-state index is 16.0. The molecule has 0 saturated carbocycles. The Bertz CT molecular complexity index is 1950. The number of anilines is 2. The molecule has 3 aliphatic heterocycles. The molecule has 3 saturated heterocycles. The number of imidazole rings is 2. The lowest BCUT2D eigenvalue weighted by atomic mass is 10.1. The first-order valence-electron chi connectivity index (χ1n) is 12.9. The van der Waals surface area contributed by atoms with Gasteiger partial charge < -0.3 is 21.3 Å². The molecule has 0 amide bonds. The fraction of sp³-hybridized carbons (Fsp3) is 0.500. The number of halogens is 1. The summed E-state index contributed by atoms with van der Waals surface area (Å²) in [4.78, 5) is 35.0. The minimum Gasteiger partial charge on any atom is -0.389 e. The van der Waals surface area contributed by atoms with Gasteiger partial charge in [-0.05, 0) is 0 Å². The highest BCUT2D eigenvalue weighted by Gasteiger charge is 2.53. The van der Waals surface area contributed by atoms with Gasteiger partial charge in [0.05, 0.1) is 37.2 Å². The largest absolute Gasteiger partial charge is 0.389 e. The van der Waals surface area contributed by atoms with E-state index in [1.807, 2.05) is 0 Å². The van der Waals surface area contributed by atoms with Crippen molar-refractivity contribution in [3.05, 3.63) is 29.3 Å². The maximum Gasteiger partial charge on any atom is 0.386 e. The van der Waals surface area contributed by atoms with E-state index in [1.165, 1.54) is 28.1 Å². The Labute approximate surface area is 265 Å². The van der Waals surface area contributed by atoms with Crippen molar-refractivity contribution in [2.75, 3.05) is 24.7 Å². The van der Waals surface area contributed by atoms with Crippen LogP contribution in [0.3, 0.4) is 0 Å². The highest BCUT2D eigenvalue weighted by Crippen LogP contribution is 2.62. The van der Waals surface area contributed by atoms with Gasteiger partial charge in [0.1, 0.15) is 35.5 Å². The summed E-state index contributed by atoms with van der Waals surface area (Å²) in [6, 6.07) is 0. The molecule has 10 atom stereocenters. The molecule has 3 fully saturated rings. The molecule has 0 aliphatic carbocycles. The summed E-state index contributed by atoms with van der Waals surface area (Å²) in [6.07, 6.45) is -5.48. The number of ether oxygens (including phenoxy) is 1. The first kappa shape index (κ1) is 31.3. The first-order chi connectivity index (χ1) is 21.3. The zero-order chi connectivity index (χ0) is 31.8. The van der Waals surface area contributed by atoms with E-state index in [0.717, 1.165) is 11.8 Å². The number of aromatic nitrogens is 8. The predicted octanol–water partition coefficient (Wildman–Crippen LogP) is 1.23. The van der Waals surface area contributed by atoms with Crippen molar-refractivity contribution in [3.63, 3.8) is 0 Å². The zero-order valence-electron chi connectivity index (χ0n) is 22.3. The molecule has 45 heavy (non-hydrogen) atoms. The van der Waals surface area contributed by atoms with Gasteiger partial charge in [-0.3, -0.25) is 37.0 Å². The van der Waals surface area contributed by atoms with Crippen LogP contribution in [0, 0.1) is 0 Å². The van der Waals surface area contributed by atoms with Crippen molar-refractivity contribution in [1.82, 2.24) is 39.0 Å². The Morgan fingerprint density at radius 3 is 2.47 bits per heavy atom. The van der Waals surface area contributed by atoms with Crippen molar-refractivity contribution >= 4 is 83.9 Å². The van der Waals surface area contributed by atoms with Crippen molar-refractivity contribution in [3.8, 4) is 0 Å². The number of aromatic amines is 1. The first-order valence-corrected chi connectivity index (χ1v) is 19.2. The fourth-order valence-corrected chi connectivity index (χ4v) is 9.89. The molecular formula is C20H23FN10O9P2S3. The van der Waals surface area contributed by atoms with Gasteiger partial charge in [0.25, 0.3) is 5.56 Å². The van der Waals surface area contributed by atoms with E-state index in [1.54, 1.807) is 0 Å². The lowest BCUT2D eigenvalue weighted by molar-refractivity contribution is -0.0427. The monoisotopic (exact) mass is 724 g/mol. The number of aliphatic hydroxyl groups is 1. The Kier molecular flexibility index (Phi) is 7.96. The van der Waals surface area contributed by atoms with Crippen LogP contribution in [0.15, 0.2) is 23.8 Å². The molecular weight excluding hydrogens is 701 g/mol. The number of hydrogen-bond donors (Lipinski definition) is 6. The van der Waals surface area contributed by atoms with Crippen LogP contribution < -0.4 is 17.0 Å². The molecule has 19 nitrogen and oxygen atoms in total. The van der Waals surface area contributed by atoms with Gasteiger partial charge >= 0.3 is 13.6 Å². The van der Waals surface area contributed by atoms with Gasteiger partial charge in [0.15, 0.2) is 35.0 Å². The molecule has 0 aromatic carbocycles. The fourth-order valence-electron chi connectivity index (χ4n) is 5.26. The number of rotatable bonds is 2. The number of thiol groups is 2. The topological polar surface area (TPSA) is 260 Å². The highest BCUT2D eigenvalue weighted by atomic mass is 32.7. The molecule has 4 aromatic rings. The Hall–Kier alpha value is -2.30. The highest BCUT2D eigenvalue weighted by molar-refractivity contribution is 8.44. The SMILES string of the molecule is Nc1nc2c(ncn2[C@@H]2S[C@@H]3CO[P@](=O)(S)O[C@H]4[C@H](F)[C@H](n5cnc6c(N)ncnc65)O[C@@H]4CO[P@@](=O)(S)O[C@@H]2[C@@H]3O)c(=O)[nH]1. The number of nitrogens with two attached hydrogens (primary N) is 2. The third-order valence-electron chi connectivity index (χ3n) is 7.28. The molecule has 3 aliphatic rings. The summed E-state index contributed by atoms with van der Waals surface area (Å²) in [6.45, 7) is -9.76. The normalized spacial score (nSPS) is 37.7. The molecule has 7 heterocycles. The summed E-state index contributed by atoms with van der Waals surface area (Å²) in [5, 5.41) is 9.38. The summed E-state index contributed by atoms with van der Waals surface area (Å²) in [5.41, 5.74) is 11.3. The number of H-pyrrole nitrogens is 1. The number of thioether (sulfide) groups is 1. The van der Waals surface area contributed by atoms with E-state index in [4.69, 9.17) is 34.3 Å². The summed E-state index contributed by atoms with van der Waals surface area (Å²) in [5.74, 6) is -0.137. The van der Waals surface area contributed by atoms with Crippen LogP contribution in [-0.4, -0.2) is 93.2 Å². The number of aliphatic hydroxyl groups excluding tert-OH is 1. The van der Waals surface area contributed by atoms with Gasteiger partial charge in [-0.25, -0.2) is 33.5 Å². The number of nitrogens with one attached hydrogen (secondary N) is 1. The van der Waals surface area contributed by atoms with Crippen LogP contribution in [0.4, 0.5) is 16.2 Å². The smallest absolute Gasteiger partial charge is 0.386 e. The summed E-state index contributed by atoms with van der Waals surface area (Å²) < 4.78 is 73.8. The molecule has 6 N–H and O–H groups in total. The number of hydrogen-bond acceptors (Lipinski definition) is 17. The zero-order valence-corrected chi connectivity index (χ0v) is 26.7. The minimum absolute atomic E-state index is 0.0507. The number of alkyl halides is 1. The van der Waals surface area contributed by atoms with Crippen LogP contribution in [0.1, 0.15) is 11.6 Å². The average Bonchev–Trinajstić information content (AvgIpc) is 3.72. The van der Waals surface area contributed by atoms with Crippen molar-refractivity contribution in [2.45, 2.75) is 47.4 Å². The predicted molar refractivity (Wildman–Crippen MR) is 162 cm³/mol. The second-order valence-corrected chi connectivity index (χ2v) is 17.2. The molecule has 2 bridgehead atoms. The number of nitrogen functional groups attached to an aromatic ring is 2. The van der Waals surface area contributed by atoms with Crippen molar-refractivity contribution in [1.29, 1.82) is 0 Å². The van der Waals surface area contributed by atoms with Crippen LogP contribution in [-0.2, 0) is 32.0 Å². The minimum atomic E-state index is -4.35. The lowest BCUT2D eigenvalue weighted by Crippen LogP contribution is -2.35. The van der Waals surface area contributed by atoms with Crippen molar-refractivity contribution in [2.24, 2.45) is 0 Å². The van der Waals surface area contributed by atoms with Crippen LogP contribution in [0.2, 0.25) is 0 Å². The van der Waals surface area contributed by atoms with E-state index in [2.05, 4.69) is 54.4 Å². The number of fused-ring (bicyclic) bond motifs is 5. The van der Waals surface area contributed by atoms with E-state index in [9.17, 15) is 19.0 Å².